The van der Waals surface area contributed by atoms with Crippen LogP contribution in [-0.2, 0) is 28.6 Å². The second kappa shape index (κ2) is 51.2. The smallest absolute Gasteiger partial charge is 0.306 e. The lowest BCUT2D eigenvalue weighted by molar-refractivity contribution is -0.166. The molecule has 0 saturated heterocycles. The summed E-state index contributed by atoms with van der Waals surface area (Å²) in [6, 6.07) is 0. The van der Waals surface area contributed by atoms with Crippen LogP contribution in [0.3, 0.4) is 0 Å². The molecule has 0 aliphatic carbocycles. The average Bonchev–Trinajstić information content (AvgIpc) is 3.29. The van der Waals surface area contributed by atoms with Crippen LogP contribution in [0.25, 0.3) is 0 Å². The van der Waals surface area contributed by atoms with Gasteiger partial charge >= 0.3 is 17.9 Å². The van der Waals surface area contributed by atoms with Crippen molar-refractivity contribution in [2.75, 3.05) is 13.2 Å². The van der Waals surface area contributed by atoms with Gasteiger partial charge in [0.15, 0.2) is 6.10 Å². The predicted molar refractivity (Wildman–Crippen MR) is 274 cm³/mol. The van der Waals surface area contributed by atoms with E-state index in [4.69, 9.17) is 14.2 Å². The summed E-state index contributed by atoms with van der Waals surface area (Å²) < 4.78 is 16.7. The zero-order valence-electron chi connectivity index (χ0n) is 40.7. The van der Waals surface area contributed by atoms with E-state index in [9.17, 15) is 14.4 Å². The minimum atomic E-state index is -0.831. The molecular weight excluding hydrogens is 793 g/mol. The molecular formula is C58H90O6. The topological polar surface area (TPSA) is 78.9 Å². The van der Waals surface area contributed by atoms with Crippen molar-refractivity contribution in [1.29, 1.82) is 0 Å². The van der Waals surface area contributed by atoms with Gasteiger partial charge in [-0.25, -0.2) is 0 Å². The van der Waals surface area contributed by atoms with Crippen molar-refractivity contribution in [1.82, 2.24) is 0 Å². The van der Waals surface area contributed by atoms with Gasteiger partial charge in [-0.1, -0.05) is 219 Å². The molecule has 0 aliphatic rings. The molecule has 0 aromatic rings. The van der Waals surface area contributed by atoms with E-state index >= 15 is 0 Å². The van der Waals surface area contributed by atoms with Crippen molar-refractivity contribution in [2.24, 2.45) is 0 Å². The lowest BCUT2D eigenvalue weighted by Crippen LogP contribution is -2.30. The molecule has 0 aromatic heterocycles. The van der Waals surface area contributed by atoms with Crippen LogP contribution in [0.1, 0.15) is 194 Å². The van der Waals surface area contributed by atoms with Gasteiger partial charge in [-0.05, 0) is 89.9 Å². The monoisotopic (exact) mass is 883 g/mol. The summed E-state index contributed by atoms with van der Waals surface area (Å²) in [5, 5.41) is 0. The van der Waals surface area contributed by atoms with Crippen LogP contribution in [0.2, 0.25) is 0 Å². The van der Waals surface area contributed by atoms with Crippen molar-refractivity contribution in [3.63, 3.8) is 0 Å². The summed E-state index contributed by atoms with van der Waals surface area (Å²) in [7, 11) is 0. The van der Waals surface area contributed by atoms with Crippen LogP contribution in [0, 0.1) is 0 Å². The van der Waals surface area contributed by atoms with Crippen LogP contribution in [0.15, 0.2) is 134 Å². The van der Waals surface area contributed by atoms with E-state index in [2.05, 4.69) is 87.6 Å². The summed E-state index contributed by atoms with van der Waals surface area (Å²) >= 11 is 0. The van der Waals surface area contributed by atoms with Gasteiger partial charge in [0.2, 0.25) is 0 Å². The summed E-state index contributed by atoms with van der Waals surface area (Å²) in [5.41, 5.74) is 0. The molecule has 0 saturated carbocycles. The summed E-state index contributed by atoms with van der Waals surface area (Å²) in [6.07, 6.45) is 71.5. The van der Waals surface area contributed by atoms with Crippen LogP contribution < -0.4 is 0 Å². The summed E-state index contributed by atoms with van der Waals surface area (Å²) in [6.45, 7) is 6.24. The van der Waals surface area contributed by atoms with E-state index in [-0.39, 0.29) is 50.4 Å². The SMILES string of the molecule is CC/C=C/C=C/C=C/C=C/C=C/C=C/CCCCCC(=O)OCC(COC(=O)CC/C=C/C/C=C/CCCCCCCC)OC(=O)CCCCCCCC/C=C/C/C=C/C/C=C/CC. The molecule has 0 N–H and O–H groups in total. The number of carbonyl (C=O) groups excluding carboxylic acids is 3. The minimum Gasteiger partial charge on any atom is -0.462 e. The molecule has 1 atom stereocenters. The molecule has 0 radical (unpaired) electrons. The molecule has 1 unspecified atom stereocenters. The van der Waals surface area contributed by atoms with Crippen LogP contribution in [0.5, 0.6) is 0 Å². The van der Waals surface area contributed by atoms with Gasteiger partial charge < -0.3 is 14.2 Å². The van der Waals surface area contributed by atoms with Crippen LogP contribution >= 0.6 is 0 Å². The highest BCUT2D eigenvalue weighted by atomic mass is 16.6. The number of allylic oxidation sites excluding steroid dienone is 22. The third-order valence-electron chi connectivity index (χ3n) is 10.0. The fraction of sp³-hybridized carbons (Fsp3) is 0.569. The van der Waals surface area contributed by atoms with Gasteiger partial charge in [0.25, 0.3) is 0 Å². The summed E-state index contributed by atoms with van der Waals surface area (Å²) in [5.74, 6) is -1.06. The quantitative estimate of drug-likeness (QED) is 0.0200. The fourth-order valence-corrected chi connectivity index (χ4v) is 6.30. The van der Waals surface area contributed by atoms with E-state index in [1.165, 1.54) is 51.4 Å². The number of rotatable bonds is 43. The second-order valence-electron chi connectivity index (χ2n) is 16.1. The predicted octanol–water partition coefficient (Wildman–Crippen LogP) is 16.7. The maximum absolute atomic E-state index is 12.8. The van der Waals surface area contributed by atoms with Crippen LogP contribution in [-0.4, -0.2) is 37.2 Å². The Morgan fingerprint density at radius 3 is 1.25 bits per heavy atom. The molecule has 0 heterocycles. The largest absolute Gasteiger partial charge is 0.462 e. The van der Waals surface area contributed by atoms with Crippen molar-refractivity contribution in [3.05, 3.63) is 134 Å². The number of hydrogen-bond donors (Lipinski definition) is 0. The van der Waals surface area contributed by atoms with E-state index < -0.39 is 6.10 Å². The van der Waals surface area contributed by atoms with Gasteiger partial charge in [-0.15, -0.1) is 0 Å². The Hall–Kier alpha value is -4.45. The number of carbonyl (C=O) groups is 3. The van der Waals surface area contributed by atoms with Gasteiger partial charge in [0.05, 0.1) is 0 Å². The average molecular weight is 883 g/mol. The van der Waals surface area contributed by atoms with Crippen molar-refractivity contribution < 1.29 is 28.6 Å². The highest BCUT2D eigenvalue weighted by Gasteiger charge is 2.19. The number of esters is 3. The minimum absolute atomic E-state index is 0.129. The maximum atomic E-state index is 12.8. The molecule has 6 nitrogen and oxygen atoms in total. The third kappa shape index (κ3) is 48.6. The van der Waals surface area contributed by atoms with Gasteiger partial charge in [-0.2, -0.15) is 0 Å². The number of hydrogen-bond acceptors (Lipinski definition) is 6. The zero-order valence-corrected chi connectivity index (χ0v) is 40.7. The Morgan fingerprint density at radius 2 is 0.719 bits per heavy atom. The zero-order chi connectivity index (χ0) is 46.5. The highest BCUT2D eigenvalue weighted by Crippen LogP contribution is 2.12. The van der Waals surface area contributed by atoms with Gasteiger partial charge in [0, 0.05) is 19.3 Å². The molecule has 0 bridgehead atoms. The molecule has 0 amide bonds. The maximum Gasteiger partial charge on any atom is 0.306 e. The van der Waals surface area contributed by atoms with E-state index in [0.717, 1.165) is 89.9 Å². The highest BCUT2D eigenvalue weighted by molar-refractivity contribution is 5.71. The summed E-state index contributed by atoms with van der Waals surface area (Å²) in [4.78, 5) is 37.9. The molecule has 6 heteroatoms. The van der Waals surface area contributed by atoms with Gasteiger partial charge in [0.1, 0.15) is 13.2 Å². The molecule has 64 heavy (non-hydrogen) atoms. The van der Waals surface area contributed by atoms with Crippen LogP contribution in [0.4, 0.5) is 0 Å². The Bertz CT molecular complexity index is 1430. The fourth-order valence-electron chi connectivity index (χ4n) is 6.30. The van der Waals surface area contributed by atoms with Crippen molar-refractivity contribution in [2.45, 2.75) is 200 Å². The van der Waals surface area contributed by atoms with E-state index in [0.29, 0.717) is 12.8 Å². The van der Waals surface area contributed by atoms with Gasteiger partial charge in [-0.3, -0.25) is 14.4 Å². The second-order valence-corrected chi connectivity index (χ2v) is 16.1. The van der Waals surface area contributed by atoms with E-state index in [1.807, 2.05) is 66.8 Å². The first-order valence-electron chi connectivity index (χ1n) is 25.3. The van der Waals surface area contributed by atoms with Crippen molar-refractivity contribution in [3.8, 4) is 0 Å². The number of ether oxygens (including phenoxy) is 3. The van der Waals surface area contributed by atoms with E-state index in [1.54, 1.807) is 0 Å². The molecule has 0 aliphatic heterocycles. The standard InChI is InChI=1S/C58H90O6/c1-4-7-10-13-16-19-22-25-27-29-31-33-36-39-42-45-48-51-57(60)63-54-55(53-62-56(59)50-47-44-41-38-35-32-24-21-18-15-12-9-6-3)64-58(61)52-49-46-43-40-37-34-30-28-26-23-20-17-14-11-8-5-2/h7-8,10-11,13,16-17,19-20,22,25-29,31-33,35-36,41,44,55H,4-6,9,12,14-15,18,21,23-24,30,34,37-40,42-43,45-54H2,1-3H3/b10-7+,11-8+,16-13+,20-17+,22-19+,27-25+,28-26+,31-29+,35-32+,36-33+,44-41+. The first-order chi connectivity index (χ1) is 31.5. The first kappa shape index (κ1) is 59.5. The molecule has 0 fully saturated rings. The Labute approximate surface area is 392 Å². The Kier molecular flexibility index (Phi) is 47.6. The first-order valence-corrected chi connectivity index (χ1v) is 25.3. The molecule has 0 aromatic carbocycles. The lowest BCUT2D eigenvalue weighted by atomic mass is 10.1. The Balaban J connectivity index is 4.59. The molecule has 0 rings (SSSR count). The number of unbranched alkanes of at least 4 members (excludes halogenated alkanes) is 15. The molecule has 0 spiro atoms. The van der Waals surface area contributed by atoms with Crippen molar-refractivity contribution >= 4 is 17.9 Å². The lowest BCUT2D eigenvalue weighted by Gasteiger charge is -2.18. The molecule has 358 valence electrons. The normalized spacial score (nSPS) is 13.2. The third-order valence-corrected chi connectivity index (χ3v) is 10.0. The Morgan fingerprint density at radius 1 is 0.344 bits per heavy atom.